The minimum atomic E-state index is -3.49. The monoisotopic (exact) mass is 315 g/mol. The fourth-order valence-corrected chi connectivity index (χ4v) is 3.35. The number of hydrogen-bond acceptors (Lipinski definition) is 4. The number of hydrogen-bond donors (Lipinski definition) is 1. The van der Waals surface area contributed by atoms with Gasteiger partial charge in [0.15, 0.2) is 0 Å². The van der Waals surface area contributed by atoms with Gasteiger partial charge >= 0.3 is 0 Å². The average Bonchev–Trinajstić information content (AvgIpc) is 2.42. The van der Waals surface area contributed by atoms with E-state index in [1.54, 1.807) is 19.1 Å². The maximum Gasteiger partial charge on any atom is 0.240 e. The summed E-state index contributed by atoms with van der Waals surface area (Å²) in [5.74, 6) is 0.727. The highest BCUT2D eigenvalue weighted by atomic mass is 32.2. The lowest BCUT2D eigenvalue weighted by Crippen LogP contribution is -2.26. The lowest BCUT2D eigenvalue weighted by molar-refractivity contribution is 0.146. The van der Waals surface area contributed by atoms with Crippen molar-refractivity contribution in [1.82, 2.24) is 4.72 Å². The van der Waals surface area contributed by atoms with E-state index in [1.165, 1.54) is 0 Å². The Bertz CT molecular complexity index is 555. The van der Waals surface area contributed by atoms with Gasteiger partial charge in [0.25, 0.3) is 0 Å². The van der Waals surface area contributed by atoms with Crippen molar-refractivity contribution in [3.05, 3.63) is 23.3 Å². The van der Waals surface area contributed by atoms with Crippen molar-refractivity contribution >= 4 is 10.0 Å². The van der Waals surface area contributed by atoms with Crippen LogP contribution in [-0.2, 0) is 14.8 Å². The van der Waals surface area contributed by atoms with Crippen molar-refractivity contribution in [2.75, 3.05) is 26.4 Å². The van der Waals surface area contributed by atoms with E-state index in [1.807, 2.05) is 20.8 Å². The number of sulfonamides is 1. The maximum atomic E-state index is 12.3. The molecule has 0 aliphatic rings. The Balaban J connectivity index is 2.81. The number of nitrogens with one attached hydrogen (secondary N) is 1. The summed E-state index contributed by atoms with van der Waals surface area (Å²) < 4.78 is 37.9. The van der Waals surface area contributed by atoms with Gasteiger partial charge in [-0.25, -0.2) is 13.1 Å². The number of benzene rings is 1. The number of rotatable bonds is 9. The zero-order valence-electron chi connectivity index (χ0n) is 13.2. The summed E-state index contributed by atoms with van der Waals surface area (Å²) in [6.07, 6.45) is 0.655. The fraction of sp³-hybridized carbons (Fsp3) is 0.600. The molecule has 1 aromatic rings. The predicted octanol–water partition coefficient (Wildman–Crippen LogP) is 2.41. The Hall–Kier alpha value is -1.11. The first-order chi connectivity index (χ1) is 9.92. The van der Waals surface area contributed by atoms with E-state index in [4.69, 9.17) is 9.47 Å². The van der Waals surface area contributed by atoms with Crippen LogP contribution in [0.2, 0.25) is 0 Å². The van der Waals surface area contributed by atoms with Gasteiger partial charge in [-0.3, -0.25) is 0 Å². The van der Waals surface area contributed by atoms with Gasteiger partial charge < -0.3 is 9.47 Å². The van der Waals surface area contributed by atoms with Crippen molar-refractivity contribution in [3.63, 3.8) is 0 Å². The highest BCUT2D eigenvalue weighted by Gasteiger charge is 2.18. The Labute approximate surface area is 127 Å². The van der Waals surface area contributed by atoms with Crippen LogP contribution in [0.15, 0.2) is 17.0 Å². The summed E-state index contributed by atoms with van der Waals surface area (Å²) in [4.78, 5) is 0.305. The summed E-state index contributed by atoms with van der Waals surface area (Å²) in [5, 5.41) is 0. The van der Waals surface area contributed by atoms with Crippen LogP contribution in [0.4, 0.5) is 0 Å². The molecule has 0 heterocycles. The van der Waals surface area contributed by atoms with Gasteiger partial charge in [-0.15, -0.1) is 0 Å². The molecule has 120 valence electrons. The minimum Gasteiger partial charge on any atom is -0.494 e. The second-order valence-electron chi connectivity index (χ2n) is 4.76. The molecule has 0 bridgehead atoms. The van der Waals surface area contributed by atoms with Gasteiger partial charge in [-0.05, 0) is 57.4 Å². The molecule has 0 aliphatic heterocycles. The Morgan fingerprint density at radius 3 is 2.43 bits per heavy atom. The molecule has 0 aliphatic carbocycles. The molecule has 0 unspecified atom stereocenters. The molecular weight excluding hydrogens is 290 g/mol. The molecule has 0 radical (unpaired) electrons. The molecular formula is C15H25NO4S. The third kappa shape index (κ3) is 5.30. The largest absolute Gasteiger partial charge is 0.494 e. The van der Waals surface area contributed by atoms with Crippen molar-refractivity contribution in [3.8, 4) is 5.75 Å². The van der Waals surface area contributed by atoms with Gasteiger partial charge in [-0.2, -0.15) is 0 Å². The molecule has 0 saturated carbocycles. The molecule has 1 aromatic carbocycles. The highest BCUT2D eigenvalue weighted by Crippen LogP contribution is 2.25. The summed E-state index contributed by atoms with van der Waals surface area (Å²) in [5.41, 5.74) is 1.50. The third-order valence-corrected chi connectivity index (χ3v) is 4.63. The molecule has 0 spiro atoms. The Morgan fingerprint density at radius 1 is 1.10 bits per heavy atom. The Kier molecular flexibility index (Phi) is 7.14. The van der Waals surface area contributed by atoms with Crippen LogP contribution < -0.4 is 9.46 Å². The molecule has 5 nitrogen and oxygen atoms in total. The zero-order chi connectivity index (χ0) is 15.9. The quantitative estimate of drug-likeness (QED) is 0.711. The summed E-state index contributed by atoms with van der Waals surface area (Å²) in [6.45, 7) is 9.56. The van der Waals surface area contributed by atoms with Gasteiger partial charge in [0.05, 0.1) is 11.5 Å². The van der Waals surface area contributed by atoms with Crippen molar-refractivity contribution in [2.45, 2.75) is 39.0 Å². The predicted molar refractivity (Wildman–Crippen MR) is 83.4 cm³/mol. The van der Waals surface area contributed by atoms with Crippen LogP contribution in [0.5, 0.6) is 5.75 Å². The van der Waals surface area contributed by atoms with E-state index in [-0.39, 0.29) is 0 Å². The average molecular weight is 315 g/mol. The van der Waals surface area contributed by atoms with E-state index < -0.39 is 10.0 Å². The van der Waals surface area contributed by atoms with Crippen LogP contribution in [-0.4, -0.2) is 34.8 Å². The second kappa shape index (κ2) is 8.36. The van der Waals surface area contributed by atoms with E-state index in [2.05, 4.69) is 4.72 Å². The van der Waals surface area contributed by atoms with Gasteiger partial charge in [0.1, 0.15) is 5.75 Å². The number of aryl methyl sites for hydroxylation is 2. The normalized spacial score (nSPS) is 11.6. The van der Waals surface area contributed by atoms with Crippen LogP contribution >= 0.6 is 0 Å². The smallest absolute Gasteiger partial charge is 0.240 e. The van der Waals surface area contributed by atoms with Crippen LogP contribution in [0, 0.1) is 13.8 Å². The number of ether oxygens (including phenoxy) is 2. The first kappa shape index (κ1) is 17.9. The van der Waals surface area contributed by atoms with Crippen molar-refractivity contribution < 1.29 is 17.9 Å². The molecule has 0 aromatic heterocycles. The van der Waals surface area contributed by atoms with Crippen LogP contribution in [0.3, 0.4) is 0 Å². The van der Waals surface area contributed by atoms with E-state index in [0.717, 1.165) is 11.3 Å². The van der Waals surface area contributed by atoms with Crippen LogP contribution in [0.1, 0.15) is 31.4 Å². The van der Waals surface area contributed by atoms with Gasteiger partial charge in [0, 0.05) is 19.8 Å². The zero-order valence-corrected chi connectivity index (χ0v) is 14.0. The minimum absolute atomic E-state index is 0.305. The third-order valence-electron chi connectivity index (χ3n) is 3.02. The lowest BCUT2D eigenvalue weighted by atomic mass is 10.1. The SMILES string of the molecule is CCOCCCNS(=O)(=O)c1cc(C)c(OCC)cc1C. The standard InChI is InChI=1S/C15H25NO4S/c1-5-19-9-7-8-16-21(17,18)15-11-12(3)14(20-6-2)10-13(15)4/h10-11,16H,5-9H2,1-4H3. The molecule has 6 heteroatoms. The van der Waals surface area contributed by atoms with Crippen molar-refractivity contribution in [1.29, 1.82) is 0 Å². The fourth-order valence-electron chi connectivity index (χ4n) is 1.97. The van der Waals surface area contributed by atoms with Gasteiger partial charge in [0.2, 0.25) is 10.0 Å². The lowest BCUT2D eigenvalue weighted by Gasteiger charge is -2.13. The molecule has 0 saturated heterocycles. The van der Waals surface area contributed by atoms with E-state index in [9.17, 15) is 8.42 Å². The Morgan fingerprint density at radius 2 is 1.81 bits per heavy atom. The summed E-state index contributed by atoms with van der Waals surface area (Å²) in [6, 6.07) is 3.43. The molecule has 21 heavy (non-hydrogen) atoms. The summed E-state index contributed by atoms with van der Waals surface area (Å²) >= 11 is 0. The molecule has 0 atom stereocenters. The van der Waals surface area contributed by atoms with Gasteiger partial charge in [-0.1, -0.05) is 0 Å². The molecule has 1 N–H and O–H groups in total. The first-order valence-corrected chi connectivity index (χ1v) is 8.72. The topological polar surface area (TPSA) is 64.6 Å². The first-order valence-electron chi connectivity index (χ1n) is 7.23. The molecule has 1 rings (SSSR count). The van der Waals surface area contributed by atoms with E-state index in [0.29, 0.717) is 43.2 Å². The summed E-state index contributed by atoms with van der Waals surface area (Å²) in [7, 11) is -3.49. The highest BCUT2D eigenvalue weighted by molar-refractivity contribution is 7.89. The van der Waals surface area contributed by atoms with E-state index >= 15 is 0 Å². The second-order valence-corrected chi connectivity index (χ2v) is 6.50. The molecule has 0 amide bonds. The van der Waals surface area contributed by atoms with Crippen LogP contribution in [0.25, 0.3) is 0 Å². The van der Waals surface area contributed by atoms with Crippen molar-refractivity contribution in [2.24, 2.45) is 0 Å². The molecule has 0 fully saturated rings. The maximum absolute atomic E-state index is 12.3.